The molecule has 4 bridgehead atoms. The Morgan fingerprint density at radius 2 is 1.69 bits per heavy atom. The van der Waals surface area contributed by atoms with Crippen molar-refractivity contribution in [1.29, 1.82) is 0 Å². The van der Waals surface area contributed by atoms with Crippen LogP contribution in [0.5, 0.6) is 0 Å². The topological polar surface area (TPSA) is 71.1 Å². The smallest absolute Gasteiger partial charge is 0.245 e. The monoisotopic (exact) mass is 415 g/mol. The van der Waals surface area contributed by atoms with Gasteiger partial charge >= 0.3 is 0 Å². The van der Waals surface area contributed by atoms with Gasteiger partial charge in [0, 0.05) is 11.3 Å². The molecule has 0 spiro atoms. The Labute approximate surface area is 177 Å². The van der Waals surface area contributed by atoms with E-state index in [1.54, 1.807) is 0 Å². The SMILES string of the molecule is O=C(CNC(=O)C1CCCCC1)Nc1nc(CC23CC4CC(CC(C4)C2)C3)cs1. The lowest BCUT2D eigenvalue weighted by Crippen LogP contribution is -2.47. The van der Waals surface area contributed by atoms with Crippen molar-refractivity contribution in [2.75, 3.05) is 11.9 Å². The number of amides is 2. The van der Waals surface area contributed by atoms with Crippen molar-refractivity contribution < 1.29 is 9.59 Å². The molecule has 29 heavy (non-hydrogen) atoms. The predicted octanol–water partition coefficient (Wildman–Crippen LogP) is 4.54. The molecule has 5 aliphatic carbocycles. The Morgan fingerprint density at radius 3 is 2.34 bits per heavy atom. The van der Waals surface area contributed by atoms with Gasteiger partial charge in [0.15, 0.2) is 5.13 Å². The van der Waals surface area contributed by atoms with Crippen molar-refractivity contribution in [3.63, 3.8) is 0 Å². The lowest BCUT2D eigenvalue weighted by molar-refractivity contribution is -0.128. The maximum Gasteiger partial charge on any atom is 0.245 e. The molecule has 5 fully saturated rings. The van der Waals surface area contributed by atoms with Gasteiger partial charge in [0.2, 0.25) is 11.8 Å². The highest BCUT2D eigenvalue weighted by molar-refractivity contribution is 7.13. The highest BCUT2D eigenvalue weighted by Gasteiger charge is 2.50. The number of nitrogens with zero attached hydrogens (tertiary/aromatic N) is 1. The van der Waals surface area contributed by atoms with Crippen LogP contribution in [0.2, 0.25) is 0 Å². The first-order chi connectivity index (χ1) is 14.1. The van der Waals surface area contributed by atoms with Crippen molar-refractivity contribution in [3.05, 3.63) is 11.1 Å². The summed E-state index contributed by atoms with van der Waals surface area (Å²) in [7, 11) is 0. The Balaban J connectivity index is 1.12. The number of nitrogens with one attached hydrogen (secondary N) is 2. The highest BCUT2D eigenvalue weighted by Crippen LogP contribution is 2.61. The summed E-state index contributed by atoms with van der Waals surface area (Å²) in [6.07, 6.45) is 15.0. The van der Waals surface area contributed by atoms with E-state index in [9.17, 15) is 9.59 Å². The third-order valence-electron chi connectivity index (χ3n) is 7.92. The fraction of sp³-hybridized carbons (Fsp3) is 0.783. The largest absolute Gasteiger partial charge is 0.347 e. The van der Waals surface area contributed by atoms with Crippen molar-refractivity contribution in [2.24, 2.45) is 29.1 Å². The van der Waals surface area contributed by atoms with Gasteiger partial charge in [-0.15, -0.1) is 11.3 Å². The van der Waals surface area contributed by atoms with Gasteiger partial charge in [0.25, 0.3) is 0 Å². The number of hydrogen-bond acceptors (Lipinski definition) is 4. The number of hydrogen-bond donors (Lipinski definition) is 2. The van der Waals surface area contributed by atoms with Crippen molar-refractivity contribution in [3.8, 4) is 0 Å². The molecule has 0 atom stereocenters. The van der Waals surface area contributed by atoms with Crippen LogP contribution in [0.3, 0.4) is 0 Å². The van der Waals surface area contributed by atoms with E-state index < -0.39 is 0 Å². The van der Waals surface area contributed by atoms with Crippen LogP contribution in [0.4, 0.5) is 5.13 Å². The molecule has 5 aliphatic rings. The number of anilines is 1. The normalized spacial score (nSPS) is 33.6. The number of rotatable bonds is 6. The standard InChI is InChI=1S/C23H33N3O2S/c27-20(13-24-21(28)18-4-2-1-3-5-18)26-22-25-19(14-29-22)12-23-9-15-6-16(10-23)8-17(7-15)11-23/h14-18H,1-13H2,(H,24,28)(H,25,26,27). The van der Waals surface area contributed by atoms with E-state index in [2.05, 4.69) is 16.0 Å². The molecule has 6 rings (SSSR count). The van der Waals surface area contributed by atoms with Crippen LogP contribution in [-0.2, 0) is 16.0 Å². The van der Waals surface area contributed by atoms with Gasteiger partial charge in [0.1, 0.15) is 0 Å². The first-order valence-electron chi connectivity index (χ1n) is 11.6. The summed E-state index contributed by atoms with van der Waals surface area (Å²) in [5, 5.41) is 8.48. The van der Waals surface area contributed by atoms with Crippen molar-refractivity contribution in [1.82, 2.24) is 10.3 Å². The summed E-state index contributed by atoms with van der Waals surface area (Å²) < 4.78 is 0. The molecule has 0 saturated heterocycles. The van der Waals surface area contributed by atoms with E-state index in [-0.39, 0.29) is 24.3 Å². The van der Waals surface area contributed by atoms with E-state index in [0.717, 1.165) is 55.6 Å². The molecule has 0 aliphatic heterocycles. The van der Waals surface area contributed by atoms with Crippen molar-refractivity contribution >= 4 is 28.3 Å². The molecular weight excluding hydrogens is 382 g/mol. The summed E-state index contributed by atoms with van der Waals surface area (Å²) in [5.41, 5.74) is 1.61. The Kier molecular flexibility index (Phi) is 5.39. The summed E-state index contributed by atoms with van der Waals surface area (Å²) in [6, 6.07) is 0. The second kappa shape index (κ2) is 8.01. The fourth-order valence-electron chi connectivity index (χ4n) is 7.18. The second-order valence-corrected chi connectivity index (χ2v) is 11.2. The van der Waals surface area contributed by atoms with Crippen LogP contribution in [-0.4, -0.2) is 23.3 Å². The zero-order valence-corrected chi connectivity index (χ0v) is 18.1. The third-order valence-corrected chi connectivity index (χ3v) is 8.72. The molecule has 2 amide bonds. The van der Waals surface area contributed by atoms with E-state index in [4.69, 9.17) is 4.98 Å². The third kappa shape index (κ3) is 4.37. The maximum absolute atomic E-state index is 12.3. The number of thiazole rings is 1. The molecule has 0 aromatic carbocycles. The quantitative estimate of drug-likeness (QED) is 0.717. The van der Waals surface area contributed by atoms with Gasteiger partial charge in [-0.05, 0) is 81.0 Å². The summed E-state index contributed by atoms with van der Waals surface area (Å²) in [4.78, 5) is 29.2. The lowest BCUT2D eigenvalue weighted by Gasteiger charge is -2.56. The first kappa shape index (κ1) is 19.5. The van der Waals surface area contributed by atoms with Gasteiger partial charge in [-0.2, -0.15) is 0 Å². The van der Waals surface area contributed by atoms with Crippen LogP contribution in [0, 0.1) is 29.1 Å². The Morgan fingerprint density at radius 1 is 1.03 bits per heavy atom. The zero-order chi connectivity index (χ0) is 19.8. The van der Waals surface area contributed by atoms with E-state index in [0.29, 0.717) is 10.5 Å². The van der Waals surface area contributed by atoms with Gasteiger partial charge in [-0.25, -0.2) is 4.98 Å². The lowest BCUT2D eigenvalue weighted by atomic mass is 9.48. The summed E-state index contributed by atoms with van der Waals surface area (Å²) >= 11 is 1.51. The average molecular weight is 416 g/mol. The predicted molar refractivity (Wildman–Crippen MR) is 115 cm³/mol. The number of carbonyl (C=O) groups is 2. The fourth-order valence-corrected chi connectivity index (χ4v) is 7.90. The van der Waals surface area contributed by atoms with Gasteiger partial charge in [-0.1, -0.05) is 19.3 Å². The van der Waals surface area contributed by atoms with Gasteiger partial charge in [-0.3, -0.25) is 9.59 Å². The van der Waals surface area contributed by atoms with Crippen LogP contribution in [0.1, 0.15) is 76.3 Å². The molecule has 0 radical (unpaired) electrons. The first-order valence-corrected chi connectivity index (χ1v) is 12.5. The van der Waals surface area contributed by atoms with Crippen LogP contribution >= 0.6 is 11.3 Å². The average Bonchev–Trinajstić information content (AvgIpc) is 3.11. The Bertz CT molecular complexity index is 733. The highest BCUT2D eigenvalue weighted by atomic mass is 32.1. The van der Waals surface area contributed by atoms with Crippen LogP contribution < -0.4 is 10.6 Å². The van der Waals surface area contributed by atoms with E-state index >= 15 is 0 Å². The molecule has 5 nitrogen and oxygen atoms in total. The second-order valence-electron chi connectivity index (χ2n) is 10.3. The Hall–Kier alpha value is -1.43. The molecule has 1 heterocycles. The van der Waals surface area contributed by atoms with E-state index in [1.807, 2.05) is 0 Å². The number of aromatic nitrogens is 1. The molecule has 158 valence electrons. The minimum Gasteiger partial charge on any atom is -0.347 e. The van der Waals surface area contributed by atoms with Crippen LogP contribution in [0.15, 0.2) is 5.38 Å². The van der Waals surface area contributed by atoms with Gasteiger partial charge in [0.05, 0.1) is 12.2 Å². The molecule has 2 N–H and O–H groups in total. The molecule has 1 aromatic heterocycles. The molecule has 6 heteroatoms. The summed E-state index contributed by atoms with van der Waals surface area (Å²) in [5.74, 6) is 2.79. The van der Waals surface area contributed by atoms with Crippen LogP contribution in [0.25, 0.3) is 0 Å². The molecule has 1 aromatic rings. The minimum atomic E-state index is -0.176. The molecule has 5 saturated carbocycles. The van der Waals surface area contributed by atoms with Gasteiger partial charge < -0.3 is 10.6 Å². The molecular formula is C23H33N3O2S. The maximum atomic E-state index is 12.3. The van der Waals surface area contributed by atoms with Crippen molar-refractivity contribution in [2.45, 2.75) is 77.0 Å². The summed E-state index contributed by atoms with van der Waals surface area (Å²) in [6.45, 7) is 0.0409. The number of carbonyl (C=O) groups excluding carboxylic acids is 2. The zero-order valence-electron chi connectivity index (χ0n) is 17.3. The van der Waals surface area contributed by atoms with E-state index in [1.165, 1.54) is 56.3 Å². The minimum absolute atomic E-state index is 0.0292. The molecule has 0 unspecified atom stereocenters.